The number of H-pyrrole nitrogens is 1. The number of halogens is 2. The standard InChI is InChI=1S/C28H32F2N7O3/c1-5-37(17(2)3)10-7-11-40-24-15-22-19(14-23(24)39-4)28(32-16-31-22)34-25-12-18(35-36-25)13-26(38)33-21-9-6-8-20(29)27(21)30/h6,8-9,12,14-17H,1,5,7,10-11,13H2,2-4H3,(H,33,38)(H2,31,32,34,35,36). The molecule has 4 aromatic rings. The van der Waals surface area contributed by atoms with Crippen LogP contribution in [0.1, 0.15) is 26.0 Å². The van der Waals surface area contributed by atoms with Crippen LogP contribution in [0.15, 0.2) is 42.7 Å². The van der Waals surface area contributed by atoms with Crippen molar-refractivity contribution in [2.24, 2.45) is 0 Å². The van der Waals surface area contributed by atoms with Crippen molar-refractivity contribution >= 4 is 34.1 Å². The van der Waals surface area contributed by atoms with Crippen LogP contribution in [0.4, 0.5) is 26.1 Å². The highest BCUT2D eigenvalue weighted by Crippen LogP contribution is 2.34. The molecule has 0 fully saturated rings. The highest BCUT2D eigenvalue weighted by molar-refractivity contribution is 5.93. The lowest BCUT2D eigenvalue weighted by molar-refractivity contribution is -0.115. The Morgan fingerprint density at radius 3 is 2.75 bits per heavy atom. The van der Waals surface area contributed by atoms with Crippen molar-refractivity contribution in [3.8, 4) is 11.5 Å². The van der Waals surface area contributed by atoms with Crippen LogP contribution in [-0.4, -0.2) is 63.8 Å². The van der Waals surface area contributed by atoms with Crippen molar-refractivity contribution in [2.75, 3.05) is 37.4 Å². The molecule has 2 aromatic carbocycles. The van der Waals surface area contributed by atoms with E-state index < -0.39 is 17.5 Å². The highest BCUT2D eigenvalue weighted by Gasteiger charge is 2.15. The van der Waals surface area contributed by atoms with Gasteiger partial charge in [-0.15, -0.1) is 0 Å². The lowest BCUT2D eigenvalue weighted by Gasteiger charge is -2.24. The number of amides is 1. The molecule has 0 saturated heterocycles. The van der Waals surface area contributed by atoms with Gasteiger partial charge in [-0.25, -0.2) is 18.7 Å². The number of fused-ring (bicyclic) bond motifs is 1. The number of hydrogen-bond donors (Lipinski definition) is 3. The SMILES string of the molecule is [CH2]CN(CCCOc1cc2ncnc(Nc3cc(CC(=O)Nc4cccc(F)c4F)[nH]n3)c2cc1OC)C(C)C. The molecule has 0 bridgehead atoms. The minimum absolute atomic E-state index is 0.132. The third-order valence-corrected chi connectivity index (χ3v) is 6.24. The summed E-state index contributed by atoms with van der Waals surface area (Å²) < 4.78 is 38.8. The molecule has 4 rings (SSSR count). The molecule has 0 aliphatic heterocycles. The quantitative estimate of drug-likeness (QED) is 0.201. The van der Waals surface area contributed by atoms with Gasteiger partial charge in [-0.3, -0.25) is 9.89 Å². The van der Waals surface area contributed by atoms with Crippen molar-refractivity contribution < 1.29 is 23.0 Å². The fourth-order valence-electron chi connectivity index (χ4n) is 4.12. The number of nitrogens with zero attached hydrogens (tertiary/aromatic N) is 4. The minimum Gasteiger partial charge on any atom is -0.493 e. The number of carbonyl (C=O) groups excluding carboxylic acids is 1. The Kier molecular flexibility index (Phi) is 9.43. The second-order valence-corrected chi connectivity index (χ2v) is 9.30. The van der Waals surface area contributed by atoms with Crippen LogP contribution in [0.3, 0.4) is 0 Å². The van der Waals surface area contributed by atoms with Crippen molar-refractivity contribution in [3.63, 3.8) is 0 Å². The predicted octanol–water partition coefficient (Wildman–Crippen LogP) is 4.88. The second kappa shape index (κ2) is 13.2. The van der Waals surface area contributed by atoms with E-state index in [0.717, 1.165) is 25.6 Å². The van der Waals surface area contributed by atoms with Crippen LogP contribution in [0.5, 0.6) is 11.5 Å². The zero-order valence-corrected chi connectivity index (χ0v) is 22.6. The molecule has 0 atom stereocenters. The van der Waals surface area contributed by atoms with Gasteiger partial charge in [0.1, 0.15) is 12.1 Å². The van der Waals surface area contributed by atoms with Crippen LogP contribution in [-0.2, 0) is 11.2 Å². The van der Waals surface area contributed by atoms with Crippen molar-refractivity contribution in [2.45, 2.75) is 32.7 Å². The third-order valence-electron chi connectivity index (χ3n) is 6.24. The number of rotatable bonds is 13. The van der Waals surface area contributed by atoms with Crippen LogP contribution in [0.2, 0.25) is 0 Å². The van der Waals surface area contributed by atoms with Gasteiger partial charge in [0.05, 0.1) is 31.3 Å². The molecule has 1 radical (unpaired) electrons. The summed E-state index contributed by atoms with van der Waals surface area (Å²) in [5.41, 5.74) is 0.865. The van der Waals surface area contributed by atoms with Crippen LogP contribution in [0.25, 0.3) is 10.9 Å². The van der Waals surface area contributed by atoms with Gasteiger partial charge < -0.3 is 25.0 Å². The van der Waals surface area contributed by atoms with Crippen LogP contribution < -0.4 is 20.1 Å². The summed E-state index contributed by atoms with van der Waals surface area (Å²) in [6, 6.07) is 9.20. The van der Waals surface area contributed by atoms with E-state index in [1.54, 1.807) is 25.3 Å². The molecule has 0 aliphatic carbocycles. The molecule has 0 unspecified atom stereocenters. The zero-order valence-electron chi connectivity index (χ0n) is 22.6. The van der Waals surface area contributed by atoms with E-state index in [1.165, 1.54) is 18.5 Å². The smallest absolute Gasteiger partial charge is 0.230 e. The van der Waals surface area contributed by atoms with Gasteiger partial charge >= 0.3 is 0 Å². The number of aromatic nitrogens is 4. The number of nitrogens with one attached hydrogen (secondary N) is 3. The Bertz CT molecular complexity index is 1460. The van der Waals surface area contributed by atoms with Crippen molar-refractivity contribution in [3.05, 3.63) is 67.0 Å². The number of aromatic amines is 1. The summed E-state index contributed by atoms with van der Waals surface area (Å²) in [5, 5.41) is 13.1. The Morgan fingerprint density at radius 1 is 1.18 bits per heavy atom. The molecule has 12 heteroatoms. The topological polar surface area (TPSA) is 117 Å². The van der Waals surface area contributed by atoms with E-state index in [0.29, 0.717) is 52.4 Å². The van der Waals surface area contributed by atoms with Gasteiger partial charge in [-0.05, 0) is 51.9 Å². The fraction of sp³-hybridized carbons (Fsp3) is 0.321. The summed E-state index contributed by atoms with van der Waals surface area (Å²) in [6.45, 7) is 10.4. The highest BCUT2D eigenvalue weighted by atomic mass is 19.2. The number of hydrogen-bond acceptors (Lipinski definition) is 8. The van der Waals surface area contributed by atoms with Gasteiger partial charge in [0.25, 0.3) is 0 Å². The molecule has 2 aromatic heterocycles. The summed E-state index contributed by atoms with van der Waals surface area (Å²) in [6.07, 6.45) is 2.12. The van der Waals surface area contributed by atoms with E-state index in [4.69, 9.17) is 9.47 Å². The number of anilines is 3. The lowest BCUT2D eigenvalue weighted by Crippen LogP contribution is -2.32. The maximum absolute atomic E-state index is 13.8. The molecular formula is C28H32F2N7O3. The Balaban J connectivity index is 1.42. The number of carbonyl (C=O) groups is 1. The molecule has 0 aliphatic rings. The first-order chi connectivity index (χ1) is 19.3. The minimum atomic E-state index is -1.12. The van der Waals surface area contributed by atoms with Crippen molar-refractivity contribution in [1.82, 2.24) is 25.1 Å². The Morgan fingerprint density at radius 2 is 2.00 bits per heavy atom. The van der Waals surface area contributed by atoms with Crippen LogP contribution >= 0.6 is 0 Å². The van der Waals surface area contributed by atoms with Gasteiger partial charge in [-0.2, -0.15) is 5.10 Å². The predicted molar refractivity (Wildman–Crippen MR) is 149 cm³/mol. The number of benzene rings is 2. The normalized spacial score (nSPS) is 11.3. The average Bonchev–Trinajstić information content (AvgIpc) is 3.37. The van der Waals surface area contributed by atoms with Gasteiger partial charge in [0.15, 0.2) is 29.0 Å². The molecular weight excluding hydrogens is 520 g/mol. The monoisotopic (exact) mass is 552 g/mol. The first-order valence-corrected chi connectivity index (χ1v) is 12.8. The molecule has 0 saturated carbocycles. The summed E-state index contributed by atoms with van der Waals surface area (Å²) in [5.74, 6) is -0.704. The zero-order chi connectivity index (χ0) is 28.6. The molecule has 40 heavy (non-hydrogen) atoms. The Labute approximate surface area is 231 Å². The van der Waals surface area contributed by atoms with E-state index in [2.05, 4.69) is 56.5 Å². The second-order valence-electron chi connectivity index (χ2n) is 9.30. The molecule has 10 nitrogen and oxygen atoms in total. The largest absolute Gasteiger partial charge is 0.493 e. The van der Waals surface area contributed by atoms with E-state index >= 15 is 0 Å². The van der Waals surface area contributed by atoms with Crippen molar-refractivity contribution in [1.29, 1.82) is 0 Å². The lowest BCUT2D eigenvalue weighted by atomic mass is 10.2. The van der Waals surface area contributed by atoms with E-state index in [1.807, 2.05) is 0 Å². The first-order valence-electron chi connectivity index (χ1n) is 12.8. The van der Waals surface area contributed by atoms with E-state index in [-0.39, 0.29) is 12.1 Å². The van der Waals surface area contributed by atoms with Crippen LogP contribution in [0, 0.1) is 18.6 Å². The molecule has 3 N–H and O–H groups in total. The number of methoxy groups -OCH3 is 1. The Hall–Kier alpha value is -4.32. The summed E-state index contributed by atoms with van der Waals surface area (Å²) in [7, 11) is 1.56. The fourth-order valence-corrected chi connectivity index (χ4v) is 4.12. The summed E-state index contributed by atoms with van der Waals surface area (Å²) in [4.78, 5) is 23.3. The molecule has 1 amide bonds. The molecule has 211 valence electrons. The third kappa shape index (κ3) is 7.00. The van der Waals surface area contributed by atoms with E-state index in [9.17, 15) is 13.6 Å². The van der Waals surface area contributed by atoms with Gasteiger partial charge in [-0.1, -0.05) is 6.07 Å². The maximum atomic E-state index is 13.8. The molecule has 2 heterocycles. The maximum Gasteiger partial charge on any atom is 0.230 e. The summed E-state index contributed by atoms with van der Waals surface area (Å²) >= 11 is 0. The molecule has 0 spiro atoms. The number of ether oxygens (including phenoxy) is 2. The van der Waals surface area contributed by atoms with Gasteiger partial charge in [0.2, 0.25) is 5.91 Å². The van der Waals surface area contributed by atoms with Gasteiger partial charge in [0, 0.05) is 35.8 Å². The average molecular weight is 553 g/mol. The first kappa shape index (κ1) is 28.7.